The molecule has 4 nitrogen and oxygen atoms in total. The Morgan fingerprint density at radius 3 is 2.94 bits per heavy atom. The quantitative estimate of drug-likeness (QED) is 0.327. The molecule has 2 N–H and O–H groups in total. The molecule has 0 spiro atoms. The third-order valence-corrected chi connectivity index (χ3v) is 2.75. The molecule has 0 aromatic heterocycles. The molecule has 0 aliphatic heterocycles. The molecule has 0 aliphatic rings. The normalized spacial score (nSPS) is 11.9. The smallest absolute Gasteiger partial charge is 0.0378 e. The van der Waals surface area contributed by atoms with Crippen LogP contribution < -0.4 is 5.73 Å². The minimum absolute atomic E-state index is 0.197. The molecular weight excluding hydrogens is 212 g/mol. The molecule has 17 heavy (non-hydrogen) atoms. The van der Waals surface area contributed by atoms with Crippen LogP contribution in [0.4, 0.5) is 5.69 Å². The van der Waals surface area contributed by atoms with Crippen molar-refractivity contribution in [2.24, 2.45) is 10.8 Å². The molecule has 1 aromatic carbocycles. The zero-order valence-electron chi connectivity index (χ0n) is 10.3. The number of nitrogens with two attached hydrogens (primary N) is 1. The first-order chi connectivity index (χ1) is 8.26. The van der Waals surface area contributed by atoms with Gasteiger partial charge in [0, 0.05) is 16.6 Å². The average Bonchev–Trinajstić information content (AvgIpc) is 2.30. The first-order valence-corrected chi connectivity index (χ1v) is 6.16. The zero-order chi connectivity index (χ0) is 12.5. The van der Waals surface area contributed by atoms with E-state index in [4.69, 9.17) is 11.3 Å². The van der Waals surface area contributed by atoms with Crippen LogP contribution in [0.5, 0.6) is 0 Å². The predicted octanol–water partition coefficient (Wildman–Crippen LogP) is 4.08. The van der Waals surface area contributed by atoms with Crippen LogP contribution in [0.25, 0.3) is 10.4 Å². The lowest BCUT2D eigenvalue weighted by Gasteiger charge is -2.11. The van der Waals surface area contributed by atoms with Crippen molar-refractivity contribution in [1.82, 2.24) is 0 Å². The summed E-state index contributed by atoms with van der Waals surface area (Å²) in [4.78, 5) is 2.78. The Morgan fingerprint density at radius 2 is 2.24 bits per heavy atom. The van der Waals surface area contributed by atoms with Gasteiger partial charge in [-0.25, -0.2) is 0 Å². The van der Waals surface area contributed by atoms with E-state index in [2.05, 4.69) is 16.9 Å². The molecule has 4 heteroatoms. The summed E-state index contributed by atoms with van der Waals surface area (Å²) in [7, 11) is 0. The van der Waals surface area contributed by atoms with Gasteiger partial charge in [-0.3, -0.25) is 0 Å². The first kappa shape index (κ1) is 13.6. The molecule has 0 saturated carbocycles. The van der Waals surface area contributed by atoms with Gasteiger partial charge in [0.1, 0.15) is 0 Å². The fourth-order valence-corrected chi connectivity index (χ4v) is 1.86. The van der Waals surface area contributed by atoms with Gasteiger partial charge < -0.3 is 5.73 Å². The third-order valence-electron chi connectivity index (χ3n) is 2.75. The maximum Gasteiger partial charge on any atom is 0.0378 e. The number of hydrogen-bond acceptors (Lipinski definition) is 2. The minimum atomic E-state index is 0.197. The van der Waals surface area contributed by atoms with Crippen LogP contribution in [0.2, 0.25) is 0 Å². The number of azide groups is 1. The Hall–Kier alpha value is -1.51. The molecule has 1 unspecified atom stereocenters. The molecule has 1 aromatic rings. The van der Waals surface area contributed by atoms with Crippen molar-refractivity contribution in [3.8, 4) is 0 Å². The predicted molar refractivity (Wildman–Crippen MR) is 71.1 cm³/mol. The number of benzene rings is 1. The number of rotatable bonds is 7. The van der Waals surface area contributed by atoms with Crippen LogP contribution >= 0.6 is 0 Å². The second-order valence-corrected chi connectivity index (χ2v) is 4.32. The molecule has 0 saturated heterocycles. The summed E-state index contributed by atoms with van der Waals surface area (Å²) in [6.45, 7) is 2.19. The Balaban J connectivity index is 2.49. The van der Waals surface area contributed by atoms with Crippen molar-refractivity contribution in [3.63, 3.8) is 0 Å². The molecule has 0 fully saturated rings. The molecule has 0 heterocycles. The van der Waals surface area contributed by atoms with Crippen molar-refractivity contribution in [2.75, 3.05) is 0 Å². The molecule has 92 valence electrons. The largest absolute Gasteiger partial charge is 0.327 e. The van der Waals surface area contributed by atoms with Gasteiger partial charge in [-0.15, -0.1) is 0 Å². The molecule has 0 amide bonds. The maximum atomic E-state index is 8.37. The Bertz CT molecular complexity index is 383. The third kappa shape index (κ3) is 5.38. The summed E-state index contributed by atoms with van der Waals surface area (Å²) in [5, 5.41) is 3.59. The molecule has 0 aliphatic carbocycles. The Morgan fingerprint density at radius 1 is 1.41 bits per heavy atom. The lowest BCUT2D eigenvalue weighted by atomic mass is 10.0. The van der Waals surface area contributed by atoms with E-state index >= 15 is 0 Å². The summed E-state index contributed by atoms with van der Waals surface area (Å²) < 4.78 is 0. The van der Waals surface area contributed by atoms with E-state index in [9.17, 15) is 0 Å². The van der Waals surface area contributed by atoms with Crippen molar-refractivity contribution in [1.29, 1.82) is 0 Å². The van der Waals surface area contributed by atoms with E-state index in [1.165, 1.54) is 19.3 Å². The van der Waals surface area contributed by atoms with Crippen LogP contribution in [-0.2, 0) is 6.42 Å². The zero-order valence-corrected chi connectivity index (χ0v) is 10.3. The van der Waals surface area contributed by atoms with Crippen molar-refractivity contribution in [3.05, 3.63) is 40.3 Å². The van der Waals surface area contributed by atoms with Gasteiger partial charge in [-0.1, -0.05) is 49.5 Å². The van der Waals surface area contributed by atoms with E-state index in [-0.39, 0.29) is 6.04 Å². The number of nitrogens with zero attached hydrogens (tertiary/aromatic N) is 3. The fraction of sp³-hybridized carbons (Fsp3) is 0.538. The van der Waals surface area contributed by atoms with E-state index in [1.807, 2.05) is 18.2 Å². The van der Waals surface area contributed by atoms with E-state index in [1.54, 1.807) is 6.07 Å². The highest BCUT2D eigenvalue weighted by atomic mass is 15.1. The SMILES string of the molecule is CCCCCC(N)Cc1cccc(N=[N+]=[N-])c1. The Labute approximate surface area is 102 Å². The van der Waals surface area contributed by atoms with Crippen LogP contribution in [0.1, 0.15) is 38.2 Å². The Kier molecular flexibility index (Phi) is 6.15. The van der Waals surface area contributed by atoms with Gasteiger partial charge in [0.2, 0.25) is 0 Å². The summed E-state index contributed by atoms with van der Waals surface area (Å²) in [5.41, 5.74) is 16.2. The minimum Gasteiger partial charge on any atom is -0.327 e. The number of hydrogen-bond donors (Lipinski definition) is 1. The van der Waals surface area contributed by atoms with Crippen LogP contribution in [-0.4, -0.2) is 6.04 Å². The highest BCUT2D eigenvalue weighted by Gasteiger charge is 2.04. The highest BCUT2D eigenvalue weighted by molar-refractivity contribution is 5.40. The maximum absolute atomic E-state index is 8.37. The van der Waals surface area contributed by atoms with E-state index < -0.39 is 0 Å². The van der Waals surface area contributed by atoms with Gasteiger partial charge in [-0.05, 0) is 30.0 Å². The van der Waals surface area contributed by atoms with Crippen LogP contribution in [0.15, 0.2) is 29.4 Å². The second-order valence-electron chi connectivity index (χ2n) is 4.32. The summed E-state index contributed by atoms with van der Waals surface area (Å²) in [6, 6.07) is 7.82. The summed E-state index contributed by atoms with van der Waals surface area (Å²) in [5.74, 6) is 0. The van der Waals surface area contributed by atoms with Gasteiger partial charge in [0.15, 0.2) is 0 Å². The lowest BCUT2D eigenvalue weighted by molar-refractivity contribution is 0.557. The van der Waals surface area contributed by atoms with E-state index in [0.29, 0.717) is 5.69 Å². The molecule has 0 bridgehead atoms. The van der Waals surface area contributed by atoms with Crippen LogP contribution in [0.3, 0.4) is 0 Å². The monoisotopic (exact) mass is 232 g/mol. The molecular formula is C13H20N4. The van der Waals surface area contributed by atoms with Crippen molar-refractivity contribution < 1.29 is 0 Å². The average molecular weight is 232 g/mol. The van der Waals surface area contributed by atoms with E-state index in [0.717, 1.165) is 18.4 Å². The highest BCUT2D eigenvalue weighted by Crippen LogP contribution is 2.16. The fourth-order valence-electron chi connectivity index (χ4n) is 1.86. The number of unbranched alkanes of at least 4 members (excludes halogenated alkanes) is 2. The first-order valence-electron chi connectivity index (χ1n) is 6.16. The topological polar surface area (TPSA) is 74.8 Å². The van der Waals surface area contributed by atoms with Gasteiger partial charge in [0.25, 0.3) is 0 Å². The summed E-state index contributed by atoms with van der Waals surface area (Å²) in [6.07, 6.45) is 5.55. The van der Waals surface area contributed by atoms with Gasteiger partial charge in [0.05, 0.1) is 0 Å². The standard InChI is InChI=1S/C13H20N4/c1-2-3-4-7-12(14)9-11-6-5-8-13(10-11)16-17-15/h5-6,8,10,12H,2-4,7,9,14H2,1H3. The lowest BCUT2D eigenvalue weighted by Crippen LogP contribution is -2.22. The van der Waals surface area contributed by atoms with Crippen molar-refractivity contribution in [2.45, 2.75) is 45.1 Å². The molecule has 0 radical (unpaired) electrons. The molecule has 1 atom stereocenters. The van der Waals surface area contributed by atoms with Crippen LogP contribution in [0, 0.1) is 0 Å². The van der Waals surface area contributed by atoms with Gasteiger partial charge in [-0.2, -0.15) is 0 Å². The summed E-state index contributed by atoms with van der Waals surface area (Å²) >= 11 is 0. The second kappa shape index (κ2) is 7.71. The van der Waals surface area contributed by atoms with Gasteiger partial charge >= 0.3 is 0 Å². The van der Waals surface area contributed by atoms with Crippen molar-refractivity contribution >= 4 is 5.69 Å². The molecule has 1 rings (SSSR count).